The highest BCUT2D eigenvalue weighted by Crippen LogP contribution is 2.24. The molecule has 0 unspecified atom stereocenters. The Morgan fingerprint density at radius 3 is 2.46 bits per heavy atom. The molecule has 6 heteroatoms. The zero-order valence-corrected chi connectivity index (χ0v) is 13.0. The van der Waals surface area contributed by atoms with Gasteiger partial charge >= 0.3 is 0 Å². The summed E-state index contributed by atoms with van der Waals surface area (Å²) in [5.74, 6) is 0.964. The van der Waals surface area contributed by atoms with E-state index >= 15 is 0 Å². The predicted molar refractivity (Wildman–Crippen MR) is 88.8 cm³/mol. The lowest BCUT2D eigenvalue weighted by Crippen LogP contribution is -2.33. The Labute approximate surface area is 138 Å². The lowest BCUT2D eigenvalue weighted by molar-refractivity contribution is 0.0277. The van der Waals surface area contributed by atoms with E-state index in [2.05, 4.69) is 20.5 Å². The van der Waals surface area contributed by atoms with Crippen molar-refractivity contribution in [3.05, 3.63) is 59.9 Å². The second-order valence-electron chi connectivity index (χ2n) is 5.70. The van der Waals surface area contributed by atoms with Crippen molar-refractivity contribution < 1.29 is 9.13 Å². The maximum atomic E-state index is 13.0. The van der Waals surface area contributed by atoms with Crippen molar-refractivity contribution >= 4 is 0 Å². The summed E-state index contributed by atoms with van der Waals surface area (Å²) in [5, 5.41) is 10.5. The number of rotatable bonds is 3. The zero-order chi connectivity index (χ0) is 16.4. The van der Waals surface area contributed by atoms with E-state index in [-0.39, 0.29) is 11.9 Å². The molecule has 0 radical (unpaired) electrons. The van der Waals surface area contributed by atoms with Gasteiger partial charge < -0.3 is 10.1 Å². The van der Waals surface area contributed by atoms with E-state index in [1.54, 1.807) is 12.1 Å². The fraction of sp³-hybridized carbons (Fsp3) is 0.222. The van der Waals surface area contributed by atoms with E-state index in [0.717, 1.165) is 36.4 Å². The summed E-state index contributed by atoms with van der Waals surface area (Å²) in [6.07, 6.45) is 0.0923. The lowest BCUT2D eigenvalue weighted by Gasteiger charge is -2.23. The van der Waals surface area contributed by atoms with Crippen LogP contribution in [0.3, 0.4) is 0 Å². The largest absolute Gasteiger partial charge is 0.371 e. The monoisotopic (exact) mass is 324 g/mol. The molecule has 0 bridgehead atoms. The van der Waals surface area contributed by atoms with Crippen molar-refractivity contribution in [1.82, 2.24) is 20.5 Å². The summed E-state index contributed by atoms with van der Waals surface area (Å²) in [5.41, 5.74) is 2.86. The van der Waals surface area contributed by atoms with E-state index in [9.17, 15) is 4.39 Å². The Balaban J connectivity index is 1.54. The zero-order valence-electron chi connectivity index (χ0n) is 13.0. The lowest BCUT2D eigenvalue weighted by atomic mass is 10.1. The minimum Gasteiger partial charge on any atom is -0.371 e. The number of hydrogen-bond acceptors (Lipinski definition) is 4. The minimum atomic E-state index is -0.270. The highest BCUT2D eigenvalue weighted by atomic mass is 19.1. The Morgan fingerprint density at radius 2 is 1.75 bits per heavy atom. The quantitative estimate of drug-likeness (QED) is 0.777. The molecule has 122 valence electrons. The van der Waals surface area contributed by atoms with Crippen LogP contribution in [0.5, 0.6) is 0 Å². The predicted octanol–water partition coefficient (Wildman–Crippen LogP) is 2.94. The average Bonchev–Trinajstić information content (AvgIpc) is 3.13. The second kappa shape index (κ2) is 6.51. The molecular weight excluding hydrogens is 307 g/mol. The molecule has 1 aliphatic heterocycles. The summed E-state index contributed by atoms with van der Waals surface area (Å²) in [4.78, 5) is 4.49. The van der Waals surface area contributed by atoms with Gasteiger partial charge in [-0.2, -0.15) is 5.10 Å². The molecule has 1 saturated heterocycles. The highest BCUT2D eigenvalue weighted by Gasteiger charge is 2.16. The fourth-order valence-electron chi connectivity index (χ4n) is 2.75. The van der Waals surface area contributed by atoms with Crippen molar-refractivity contribution in [3.63, 3.8) is 0 Å². The molecule has 1 fully saturated rings. The number of morpholine rings is 1. The highest BCUT2D eigenvalue weighted by molar-refractivity contribution is 5.61. The van der Waals surface area contributed by atoms with Crippen LogP contribution in [0.4, 0.5) is 4.39 Å². The Morgan fingerprint density at radius 1 is 1.00 bits per heavy atom. The molecule has 1 aliphatic rings. The molecule has 0 saturated carbocycles. The van der Waals surface area contributed by atoms with E-state index in [1.807, 2.05) is 24.3 Å². The van der Waals surface area contributed by atoms with Gasteiger partial charge in [0.05, 0.1) is 12.7 Å². The average molecular weight is 324 g/mol. The topological polar surface area (TPSA) is 62.8 Å². The van der Waals surface area contributed by atoms with Gasteiger partial charge in [-0.3, -0.25) is 5.10 Å². The molecule has 0 aliphatic carbocycles. The molecule has 5 nitrogen and oxygen atoms in total. The molecule has 2 N–H and O–H groups in total. The maximum Gasteiger partial charge on any atom is 0.181 e. The number of aromatic amines is 1. The number of benzene rings is 2. The van der Waals surface area contributed by atoms with Crippen LogP contribution >= 0.6 is 0 Å². The van der Waals surface area contributed by atoms with Crippen molar-refractivity contribution in [2.75, 3.05) is 19.7 Å². The summed E-state index contributed by atoms with van der Waals surface area (Å²) in [6, 6.07) is 14.2. The first-order valence-corrected chi connectivity index (χ1v) is 7.90. The number of nitrogens with zero attached hydrogens (tertiary/aromatic N) is 2. The van der Waals surface area contributed by atoms with E-state index in [1.165, 1.54) is 12.1 Å². The van der Waals surface area contributed by atoms with Gasteiger partial charge in [-0.05, 0) is 29.8 Å². The van der Waals surface area contributed by atoms with Crippen LogP contribution in [0.2, 0.25) is 0 Å². The van der Waals surface area contributed by atoms with Gasteiger partial charge in [-0.15, -0.1) is 0 Å². The Kier molecular flexibility index (Phi) is 4.06. The summed E-state index contributed by atoms with van der Waals surface area (Å²) in [7, 11) is 0. The van der Waals surface area contributed by atoms with Crippen molar-refractivity contribution in [1.29, 1.82) is 0 Å². The molecule has 2 aromatic carbocycles. The first-order valence-electron chi connectivity index (χ1n) is 7.90. The van der Waals surface area contributed by atoms with Crippen molar-refractivity contribution in [2.24, 2.45) is 0 Å². The molecule has 4 rings (SSSR count). The second-order valence-corrected chi connectivity index (χ2v) is 5.70. The third-order valence-corrected chi connectivity index (χ3v) is 4.07. The summed E-state index contributed by atoms with van der Waals surface area (Å²) < 4.78 is 18.8. The van der Waals surface area contributed by atoms with Gasteiger partial charge in [0, 0.05) is 24.2 Å². The molecule has 1 aromatic heterocycles. The molecule has 3 aromatic rings. The number of halogens is 1. The number of hydrogen-bond donors (Lipinski definition) is 2. The number of H-pyrrole nitrogens is 1. The van der Waals surface area contributed by atoms with Gasteiger partial charge in [0.15, 0.2) is 11.6 Å². The SMILES string of the molecule is Fc1ccc(-c2nc(-c3ccc([C@H]4CNCCO4)cc3)n[nH]2)cc1. The van der Waals surface area contributed by atoms with Gasteiger partial charge in [0.25, 0.3) is 0 Å². The fourth-order valence-corrected chi connectivity index (χ4v) is 2.75. The van der Waals surface area contributed by atoms with Crippen LogP contribution in [0.25, 0.3) is 22.8 Å². The first-order chi connectivity index (χ1) is 11.8. The van der Waals surface area contributed by atoms with Crippen molar-refractivity contribution in [3.8, 4) is 22.8 Å². The van der Waals surface area contributed by atoms with Gasteiger partial charge in [-0.25, -0.2) is 9.37 Å². The van der Waals surface area contributed by atoms with Crippen LogP contribution in [-0.4, -0.2) is 34.9 Å². The molecule has 2 heterocycles. The van der Waals surface area contributed by atoms with Crippen LogP contribution in [-0.2, 0) is 4.74 Å². The molecule has 1 atom stereocenters. The summed E-state index contributed by atoms with van der Waals surface area (Å²) in [6.45, 7) is 2.46. The smallest absolute Gasteiger partial charge is 0.181 e. The Hall–Kier alpha value is -2.57. The van der Waals surface area contributed by atoms with Crippen LogP contribution < -0.4 is 5.32 Å². The minimum absolute atomic E-state index is 0.0923. The Bertz CT molecular complexity index is 808. The van der Waals surface area contributed by atoms with E-state index < -0.39 is 0 Å². The van der Waals surface area contributed by atoms with Crippen LogP contribution in [0, 0.1) is 5.82 Å². The van der Waals surface area contributed by atoms with Gasteiger partial charge in [-0.1, -0.05) is 24.3 Å². The normalized spacial score (nSPS) is 17.8. The molecule has 24 heavy (non-hydrogen) atoms. The van der Waals surface area contributed by atoms with Gasteiger partial charge in [0.1, 0.15) is 5.82 Å². The summed E-state index contributed by atoms with van der Waals surface area (Å²) >= 11 is 0. The van der Waals surface area contributed by atoms with Gasteiger partial charge in [0.2, 0.25) is 0 Å². The third-order valence-electron chi connectivity index (χ3n) is 4.07. The molecular formula is C18H17FN4O. The van der Waals surface area contributed by atoms with Crippen LogP contribution in [0.15, 0.2) is 48.5 Å². The third kappa shape index (κ3) is 3.06. The number of aromatic nitrogens is 3. The van der Waals surface area contributed by atoms with E-state index in [0.29, 0.717) is 11.6 Å². The molecule has 0 amide bonds. The van der Waals surface area contributed by atoms with Crippen LogP contribution in [0.1, 0.15) is 11.7 Å². The standard InChI is InChI=1S/C18H17FN4O/c19-15-7-5-14(6-8-15)18-21-17(22-23-18)13-3-1-12(2-4-13)16-11-20-9-10-24-16/h1-8,16,20H,9-11H2,(H,21,22,23)/t16-/m1/s1. The first kappa shape index (κ1) is 15.0. The molecule has 0 spiro atoms. The number of nitrogens with one attached hydrogen (secondary N) is 2. The maximum absolute atomic E-state index is 13.0. The van der Waals surface area contributed by atoms with Crippen molar-refractivity contribution in [2.45, 2.75) is 6.10 Å². The number of ether oxygens (including phenoxy) is 1. The van der Waals surface area contributed by atoms with E-state index in [4.69, 9.17) is 4.74 Å².